The minimum atomic E-state index is -0.229. The minimum Gasteiger partial charge on any atom is -0.345 e. The van der Waals surface area contributed by atoms with Crippen LogP contribution in [0, 0.1) is 13.8 Å². The predicted octanol–water partition coefficient (Wildman–Crippen LogP) is 5.05. The molecule has 4 heteroatoms. The molecule has 142 valence electrons. The highest BCUT2D eigenvalue weighted by Gasteiger charge is 2.17. The van der Waals surface area contributed by atoms with Crippen LogP contribution in [0.4, 0.5) is 5.69 Å². The highest BCUT2D eigenvalue weighted by atomic mass is 16.2. The van der Waals surface area contributed by atoms with Crippen molar-refractivity contribution in [3.8, 4) is 0 Å². The van der Waals surface area contributed by atoms with E-state index in [2.05, 4.69) is 10.6 Å². The molecule has 3 aromatic carbocycles. The standard InChI is InChI=1S/C24H24N2O2/c1-16-13-14-20(17(2)15-16)23(27)26-22-12-8-7-11-21(22)24(28)25-18(3)19-9-5-4-6-10-19/h4-15,18H,1-3H3,(H,25,28)(H,26,27)/t18-/m1/s1. The molecule has 0 saturated carbocycles. The molecule has 0 fully saturated rings. The Morgan fingerprint density at radius 1 is 0.786 bits per heavy atom. The van der Waals surface area contributed by atoms with Gasteiger partial charge in [0.2, 0.25) is 0 Å². The van der Waals surface area contributed by atoms with Crippen LogP contribution in [0.1, 0.15) is 50.4 Å². The fourth-order valence-electron chi connectivity index (χ4n) is 3.15. The van der Waals surface area contributed by atoms with Gasteiger partial charge in [-0.25, -0.2) is 0 Å². The fourth-order valence-corrected chi connectivity index (χ4v) is 3.15. The highest BCUT2D eigenvalue weighted by molar-refractivity contribution is 6.09. The van der Waals surface area contributed by atoms with Crippen LogP contribution in [0.5, 0.6) is 0 Å². The van der Waals surface area contributed by atoms with Crippen molar-refractivity contribution < 1.29 is 9.59 Å². The zero-order valence-corrected chi connectivity index (χ0v) is 16.3. The van der Waals surface area contributed by atoms with E-state index in [0.29, 0.717) is 16.8 Å². The van der Waals surface area contributed by atoms with E-state index in [0.717, 1.165) is 16.7 Å². The molecule has 0 aliphatic heterocycles. The van der Waals surface area contributed by atoms with E-state index in [1.54, 1.807) is 30.3 Å². The summed E-state index contributed by atoms with van der Waals surface area (Å²) in [7, 11) is 0. The van der Waals surface area contributed by atoms with Crippen LogP contribution in [0.2, 0.25) is 0 Å². The van der Waals surface area contributed by atoms with Crippen molar-refractivity contribution in [2.75, 3.05) is 5.32 Å². The Morgan fingerprint density at radius 2 is 1.46 bits per heavy atom. The number of anilines is 1. The first-order chi connectivity index (χ1) is 13.5. The largest absolute Gasteiger partial charge is 0.345 e. The number of hydrogen-bond acceptors (Lipinski definition) is 2. The van der Waals surface area contributed by atoms with E-state index in [1.807, 2.05) is 63.2 Å². The van der Waals surface area contributed by atoms with E-state index < -0.39 is 0 Å². The van der Waals surface area contributed by atoms with E-state index in [1.165, 1.54) is 0 Å². The molecule has 0 heterocycles. The highest BCUT2D eigenvalue weighted by Crippen LogP contribution is 2.20. The zero-order chi connectivity index (χ0) is 20.1. The lowest BCUT2D eigenvalue weighted by Crippen LogP contribution is -2.28. The van der Waals surface area contributed by atoms with Gasteiger partial charge in [0.05, 0.1) is 17.3 Å². The number of amides is 2. The molecule has 3 rings (SSSR count). The molecule has 0 unspecified atom stereocenters. The van der Waals surface area contributed by atoms with Gasteiger partial charge in [0.25, 0.3) is 11.8 Å². The summed E-state index contributed by atoms with van der Waals surface area (Å²) in [6.45, 7) is 5.83. The van der Waals surface area contributed by atoms with Gasteiger partial charge in [-0.3, -0.25) is 9.59 Å². The number of para-hydroxylation sites is 1. The van der Waals surface area contributed by atoms with Crippen LogP contribution < -0.4 is 10.6 Å². The average Bonchev–Trinajstić information content (AvgIpc) is 2.68. The molecule has 1 atom stereocenters. The van der Waals surface area contributed by atoms with Crippen molar-refractivity contribution in [3.63, 3.8) is 0 Å². The number of rotatable bonds is 5. The molecule has 0 aromatic heterocycles. The summed E-state index contributed by atoms with van der Waals surface area (Å²) in [5.74, 6) is -0.457. The Morgan fingerprint density at radius 3 is 2.18 bits per heavy atom. The Bertz CT molecular complexity index is 996. The molecule has 3 aromatic rings. The molecule has 0 bridgehead atoms. The van der Waals surface area contributed by atoms with Crippen LogP contribution in [-0.4, -0.2) is 11.8 Å². The number of aryl methyl sites for hydroxylation is 2. The van der Waals surface area contributed by atoms with Crippen molar-refractivity contribution >= 4 is 17.5 Å². The smallest absolute Gasteiger partial charge is 0.255 e. The van der Waals surface area contributed by atoms with Gasteiger partial charge in [-0.1, -0.05) is 60.2 Å². The molecule has 28 heavy (non-hydrogen) atoms. The molecule has 0 saturated heterocycles. The minimum absolute atomic E-state index is 0.142. The van der Waals surface area contributed by atoms with Crippen molar-refractivity contribution in [1.82, 2.24) is 5.32 Å². The summed E-state index contributed by atoms with van der Waals surface area (Å²) in [6.07, 6.45) is 0. The second-order valence-corrected chi connectivity index (χ2v) is 6.92. The predicted molar refractivity (Wildman–Crippen MR) is 113 cm³/mol. The number of carbonyl (C=O) groups excluding carboxylic acids is 2. The lowest BCUT2D eigenvalue weighted by atomic mass is 10.0. The third kappa shape index (κ3) is 4.46. The normalized spacial score (nSPS) is 11.5. The van der Waals surface area contributed by atoms with E-state index in [9.17, 15) is 9.59 Å². The Balaban J connectivity index is 1.79. The van der Waals surface area contributed by atoms with Crippen LogP contribution in [0.3, 0.4) is 0 Å². The Hall–Kier alpha value is -3.40. The van der Waals surface area contributed by atoms with Crippen LogP contribution in [-0.2, 0) is 0 Å². The third-order valence-corrected chi connectivity index (χ3v) is 4.69. The number of benzene rings is 3. The maximum absolute atomic E-state index is 12.8. The summed E-state index contributed by atoms with van der Waals surface area (Å²) < 4.78 is 0. The first kappa shape index (κ1) is 19.4. The topological polar surface area (TPSA) is 58.2 Å². The Labute approximate surface area is 165 Å². The van der Waals surface area contributed by atoms with Gasteiger partial charge in [-0.2, -0.15) is 0 Å². The average molecular weight is 372 g/mol. The molecule has 4 nitrogen and oxygen atoms in total. The van der Waals surface area contributed by atoms with Crippen molar-refractivity contribution in [1.29, 1.82) is 0 Å². The quantitative estimate of drug-likeness (QED) is 0.659. The van der Waals surface area contributed by atoms with Crippen LogP contribution in [0.15, 0.2) is 72.8 Å². The number of hydrogen-bond donors (Lipinski definition) is 2. The summed E-state index contributed by atoms with van der Waals surface area (Å²) in [5, 5.41) is 5.88. The molecule has 0 aliphatic carbocycles. The van der Waals surface area contributed by atoms with Gasteiger partial charge in [-0.15, -0.1) is 0 Å². The zero-order valence-electron chi connectivity index (χ0n) is 16.3. The molecule has 2 N–H and O–H groups in total. The third-order valence-electron chi connectivity index (χ3n) is 4.69. The second-order valence-electron chi connectivity index (χ2n) is 6.92. The summed E-state index contributed by atoms with van der Waals surface area (Å²) in [5.41, 5.74) is 4.54. The summed E-state index contributed by atoms with van der Waals surface area (Å²) >= 11 is 0. The van der Waals surface area contributed by atoms with Gasteiger partial charge in [0.1, 0.15) is 0 Å². The Kier molecular flexibility index (Phi) is 5.90. The summed E-state index contributed by atoms with van der Waals surface area (Å²) in [4.78, 5) is 25.5. The van der Waals surface area contributed by atoms with Crippen molar-refractivity contribution in [2.24, 2.45) is 0 Å². The van der Waals surface area contributed by atoms with E-state index in [-0.39, 0.29) is 17.9 Å². The van der Waals surface area contributed by atoms with Crippen molar-refractivity contribution in [3.05, 3.63) is 101 Å². The SMILES string of the molecule is Cc1ccc(C(=O)Nc2ccccc2C(=O)N[C@H](C)c2ccccc2)c(C)c1. The van der Waals surface area contributed by atoms with Gasteiger partial charge in [0.15, 0.2) is 0 Å². The maximum Gasteiger partial charge on any atom is 0.255 e. The molecule has 0 radical (unpaired) electrons. The molecule has 2 amide bonds. The summed E-state index contributed by atoms with van der Waals surface area (Å²) in [6, 6.07) is 22.3. The van der Waals surface area contributed by atoms with E-state index >= 15 is 0 Å². The maximum atomic E-state index is 12.8. The van der Waals surface area contributed by atoms with Gasteiger partial charge in [-0.05, 0) is 50.1 Å². The lowest BCUT2D eigenvalue weighted by Gasteiger charge is -2.17. The first-order valence-electron chi connectivity index (χ1n) is 9.29. The number of carbonyl (C=O) groups is 2. The fraction of sp³-hybridized carbons (Fsp3) is 0.167. The second kappa shape index (κ2) is 8.53. The molecular formula is C24H24N2O2. The van der Waals surface area contributed by atoms with Crippen molar-refractivity contribution in [2.45, 2.75) is 26.8 Å². The van der Waals surface area contributed by atoms with Crippen LogP contribution >= 0.6 is 0 Å². The monoisotopic (exact) mass is 372 g/mol. The van der Waals surface area contributed by atoms with Gasteiger partial charge < -0.3 is 10.6 Å². The van der Waals surface area contributed by atoms with Gasteiger partial charge >= 0.3 is 0 Å². The number of nitrogens with one attached hydrogen (secondary N) is 2. The first-order valence-corrected chi connectivity index (χ1v) is 9.29. The molecule has 0 spiro atoms. The van der Waals surface area contributed by atoms with Crippen LogP contribution in [0.25, 0.3) is 0 Å². The van der Waals surface area contributed by atoms with E-state index in [4.69, 9.17) is 0 Å². The van der Waals surface area contributed by atoms with Gasteiger partial charge in [0, 0.05) is 5.56 Å². The molecule has 0 aliphatic rings. The lowest BCUT2D eigenvalue weighted by molar-refractivity contribution is 0.0941. The molecular weight excluding hydrogens is 348 g/mol.